The molecule has 0 atom stereocenters. The molecule has 0 saturated carbocycles. The minimum absolute atomic E-state index is 0. The fourth-order valence-electron chi connectivity index (χ4n) is 5.78. The second kappa shape index (κ2) is 12.1. The first-order valence-electron chi connectivity index (χ1n) is 14.4. The summed E-state index contributed by atoms with van der Waals surface area (Å²) in [6, 6.07) is 49.4. The summed E-state index contributed by atoms with van der Waals surface area (Å²) in [5.41, 5.74) is 12.2. The monoisotopic (exact) mass is 747 g/mol. The van der Waals surface area contributed by atoms with E-state index in [-0.39, 0.29) is 25.5 Å². The van der Waals surface area contributed by atoms with Crippen molar-refractivity contribution in [1.82, 2.24) is 19.1 Å². The van der Waals surface area contributed by atoms with Gasteiger partial charge in [-0.15, -0.1) is 53.1 Å². The second-order valence-electron chi connectivity index (χ2n) is 11.3. The van der Waals surface area contributed by atoms with Crippen LogP contribution in [0.25, 0.3) is 22.4 Å². The maximum absolute atomic E-state index is 4.69. The number of fused-ring (bicyclic) bond motifs is 4. The molecule has 6 aromatic rings. The van der Waals surface area contributed by atoms with Crippen molar-refractivity contribution in [2.45, 2.75) is 26.2 Å². The molecule has 0 bridgehead atoms. The maximum atomic E-state index is 4.69. The zero-order chi connectivity index (χ0) is 29.4. The fourth-order valence-corrected chi connectivity index (χ4v) is 5.78. The number of hydrogen-bond donors (Lipinski definition) is 0. The predicted octanol–water partition coefficient (Wildman–Crippen LogP) is 8.90. The van der Waals surface area contributed by atoms with Crippen molar-refractivity contribution >= 4 is 28.8 Å². The number of aromatic nitrogens is 2. The van der Waals surface area contributed by atoms with E-state index in [4.69, 9.17) is 4.98 Å². The van der Waals surface area contributed by atoms with Crippen LogP contribution in [0.2, 0.25) is 0 Å². The Balaban J connectivity index is 0.000000207. The molecule has 0 fully saturated rings. The molecule has 2 aliphatic rings. The largest absolute Gasteiger partial charge is 0.501 e. The van der Waals surface area contributed by atoms with Crippen LogP contribution in [-0.4, -0.2) is 16.0 Å². The van der Waals surface area contributed by atoms with Crippen LogP contribution in [0.1, 0.15) is 30.7 Å². The molecule has 0 spiro atoms. The minimum Gasteiger partial charge on any atom is -0.304 e. The first-order chi connectivity index (χ1) is 21.0. The molecule has 4 nitrogen and oxygen atoms in total. The quantitative estimate of drug-likeness (QED) is 0.134. The third-order valence-corrected chi connectivity index (χ3v) is 8.01. The fraction of sp³-hybridized carbons (Fsp3) is 0.103. The molecule has 0 amide bonds. The summed E-state index contributed by atoms with van der Waals surface area (Å²) in [5.74, 6) is 0. The molecule has 215 valence electrons. The molecule has 0 N–H and O–H groups in total. The van der Waals surface area contributed by atoms with Gasteiger partial charge in [-0.1, -0.05) is 78.6 Å². The van der Waals surface area contributed by atoms with Gasteiger partial charge in [0.25, 0.3) is 11.4 Å². The Labute approximate surface area is 272 Å². The van der Waals surface area contributed by atoms with E-state index in [0.29, 0.717) is 0 Å². The summed E-state index contributed by atoms with van der Waals surface area (Å²) in [6.45, 7) is 6.53. The van der Waals surface area contributed by atoms with E-state index in [9.17, 15) is 0 Å². The van der Waals surface area contributed by atoms with Gasteiger partial charge in [0.1, 0.15) is 5.69 Å². The molecule has 1 aliphatic heterocycles. The van der Waals surface area contributed by atoms with E-state index in [2.05, 4.69) is 119 Å². The Morgan fingerprint density at radius 2 is 1.48 bits per heavy atom. The van der Waals surface area contributed by atoms with E-state index < -0.39 is 0 Å². The molecule has 5 heteroatoms. The molecule has 44 heavy (non-hydrogen) atoms. The van der Waals surface area contributed by atoms with Crippen molar-refractivity contribution in [3.63, 3.8) is 0 Å². The SMILES string of the molecule is CC1(C)c2cc([N+]3=C=[N+](c4ccccc4)c4ccccc43)[c-]cc2-c2cccnc21.Cc1ccc(-c2[c-]cccc2)nc1.[Ir]. The van der Waals surface area contributed by atoms with Crippen LogP contribution in [0.5, 0.6) is 0 Å². The van der Waals surface area contributed by atoms with Crippen LogP contribution in [-0.2, 0) is 25.5 Å². The summed E-state index contributed by atoms with van der Waals surface area (Å²) in [4.78, 5) is 9.01. The average molecular weight is 747 g/mol. The van der Waals surface area contributed by atoms with Gasteiger partial charge >= 0.3 is 6.01 Å². The Kier molecular flexibility index (Phi) is 8.03. The average Bonchev–Trinajstić information content (AvgIpc) is 3.56. The van der Waals surface area contributed by atoms with Gasteiger partial charge in [0, 0.05) is 67.9 Å². The molecule has 1 radical (unpaired) electrons. The van der Waals surface area contributed by atoms with Crippen LogP contribution in [0, 0.1) is 19.1 Å². The van der Waals surface area contributed by atoms with Crippen molar-refractivity contribution in [2.75, 3.05) is 0 Å². The van der Waals surface area contributed by atoms with E-state index in [1.165, 1.54) is 22.3 Å². The van der Waals surface area contributed by atoms with Gasteiger partial charge in [-0.3, -0.25) is 4.98 Å². The van der Waals surface area contributed by atoms with Crippen molar-refractivity contribution in [3.05, 3.63) is 157 Å². The van der Waals surface area contributed by atoms with Crippen molar-refractivity contribution in [3.8, 4) is 22.4 Å². The van der Waals surface area contributed by atoms with E-state index >= 15 is 0 Å². The number of benzene rings is 4. The zero-order valence-electron chi connectivity index (χ0n) is 24.7. The molecule has 3 heterocycles. The zero-order valence-corrected chi connectivity index (χ0v) is 27.1. The molecule has 0 saturated heterocycles. The van der Waals surface area contributed by atoms with E-state index in [1.54, 1.807) is 0 Å². The summed E-state index contributed by atoms with van der Waals surface area (Å²) in [7, 11) is 0. The van der Waals surface area contributed by atoms with Crippen LogP contribution in [0.15, 0.2) is 128 Å². The van der Waals surface area contributed by atoms with Crippen molar-refractivity contribution in [1.29, 1.82) is 0 Å². The number of aryl methyl sites for hydroxylation is 1. The molecular formula is C39H30IrN4. The topological polar surface area (TPSA) is 31.8 Å². The minimum atomic E-state index is -0.145. The number of nitrogens with zero attached hydrogens (tertiary/aromatic N) is 4. The van der Waals surface area contributed by atoms with Gasteiger partial charge in [0.15, 0.2) is 0 Å². The van der Waals surface area contributed by atoms with Crippen molar-refractivity contribution in [2.24, 2.45) is 0 Å². The van der Waals surface area contributed by atoms with Gasteiger partial charge in [-0.05, 0) is 28.8 Å². The predicted molar refractivity (Wildman–Crippen MR) is 175 cm³/mol. The van der Waals surface area contributed by atoms with Gasteiger partial charge in [0.2, 0.25) is 5.69 Å². The number of pyridine rings is 2. The molecule has 4 aromatic carbocycles. The molecule has 0 unspecified atom stereocenters. The summed E-state index contributed by atoms with van der Waals surface area (Å²) < 4.78 is 4.22. The summed E-state index contributed by atoms with van der Waals surface area (Å²) >= 11 is 0. The molecule has 2 aromatic heterocycles. The van der Waals surface area contributed by atoms with Crippen molar-refractivity contribution < 1.29 is 20.1 Å². The third-order valence-electron chi connectivity index (χ3n) is 8.01. The number of rotatable bonds is 3. The smallest absolute Gasteiger partial charge is 0.304 e. The number of hydrogen-bond acceptors (Lipinski definition) is 2. The van der Waals surface area contributed by atoms with Crippen LogP contribution < -0.4 is 9.15 Å². The van der Waals surface area contributed by atoms with Crippen LogP contribution >= 0.6 is 0 Å². The maximum Gasteiger partial charge on any atom is 0.501 e. The Morgan fingerprint density at radius 3 is 2.20 bits per heavy atom. The number of para-hydroxylation sites is 3. The Morgan fingerprint density at radius 1 is 0.727 bits per heavy atom. The molecule has 8 rings (SSSR count). The first kappa shape index (κ1) is 29.3. The first-order valence-corrected chi connectivity index (χ1v) is 14.4. The molecular weight excluding hydrogens is 717 g/mol. The van der Waals surface area contributed by atoms with E-state index in [0.717, 1.165) is 39.7 Å². The van der Waals surface area contributed by atoms with E-state index in [1.807, 2.05) is 61.8 Å². The van der Waals surface area contributed by atoms with Crippen LogP contribution in [0.4, 0.5) is 22.7 Å². The molecule has 1 aliphatic carbocycles. The Hall–Kier alpha value is -4.79. The standard InChI is InChI=1S/C27H20N3.C12H10N.Ir/c1-27(2)23-17-20(14-15-21(23)22-11-8-16-28-26(22)27)30-18-29(19-9-4-3-5-10-19)24-12-6-7-13-25(24)30;1-10-7-8-12(13-9-10)11-5-3-2-4-6-11;/h3-13,15-17H,1-2H3;2-5,7-9H,1H3;/q+1;-1;. The van der Waals surface area contributed by atoms with Crippen LogP contribution in [0.3, 0.4) is 0 Å². The van der Waals surface area contributed by atoms with Gasteiger partial charge < -0.3 is 4.98 Å². The second-order valence-corrected chi connectivity index (χ2v) is 11.3. The summed E-state index contributed by atoms with van der Waals surface area (Å²) in [5, 5.41) is 0. The summed E-state index contributed by atoms with van der Waals surface area (Å²) in [6.07, 6.45) is 3.75. The van der Waals surface area contributed by atoms with Gasteiger partial charge in [-0.2, -0.15) is 6.07 Å². The third kappa shape index (κ3) is 5.27. The van der Waals surface area contributed by atoms with Gasteiger partial charge in [-0.25, -0.2) is 0 Å². The normalized spacial score (nSPS) is 13.2. The van der Waals surface area contributed by atoms with Gasteiger partial charge in [0.05, 0.1) is 0 Å². The Bertz CT molecular complexity index is 2030.